The molecule has 0 radical (unpaired) electrons. The standard InChI is InChI=1S/C16H13ClF3N7O/c1-9(13-23-8-24-27(13)14-21-5-2-6-22-14)25-15(28)26-12-4-3-10(7-11(12)17)16(18,19)20/h2-9H,1H3,(H2,25,26,28)/t9-/m0/s1. The molecule has 2 amide bonds. The number of benzene rings is 1. The van der Waals surface area contributed by atoms with Crippen LogP contribution in [-0.4, -0.2) is 30.8 Å². The quantitative estimate of drug-likeness (QED) is 0.683. The first-order valence-electron chi connectivity index (χ1n) is 7.87. The molecule has 0 fully saturated rings. The predicted octanol–water partition coefficient (Wildman–Crippen LogP) is 3.61. The third kappa shape index (κ3) is 4.36. The lowest BCUT2D eigenvalue weighted by Crippen LogP contribution is -2.32. The molecule has 0 aliphatic heterocycles. The number of hydrogen-bond acceptors (Lipinski definition) is 5. The topological polar surface area (TPSA) is 97.6 Å². The Balaban J connectivity index is 1.70. The van der Waals surface area contributed by atoms with E-state index < -0.39 is 23.8 Å². The van der Waals surface area contributed by atoms with Gasteiger partial charge in [-0.1, -0.05) is 11.6 Å². The fourth-order valence-electron chi connectivity index (χ4n) is 2.31. The van der Waals surface area contributed by atoms with E-state index in [4.69, 9.17) is 11.6 Å². The highest BCUT2D eigenvalue weighted by Crippen LogP contribution is 2.33. The summed E-state index contributed by atoms with van der Waals surface area (Å²) in [6.07, 6.45) is -0.173. The van der Waals surface area contributed by atoms with Crippen molar-refractivity contribution in [3.63, 3.8) is 0 Å². The molecule has 28 heavy (non-hydrogen) atoms. The first-order valence-corrected chi connectivity index (χ1v) is 8.25. The van der Waals surface area contributed by atoms with Gasteiger partial charge in [0.1, 0.15) is 6.33 Å². The zero-order chi connectivity index (χ0) is 20.3. The second-order valence-corrected chi connectivity index (χ2v) is 6.00. The Hall–Kier alpha value is -3.21. The number of halogens is 4. The summed E-state index contributed by atoms with van der Waals surface area (Å²) in [4.78, 5) is 24.4. The number of hydrogen-bond donors (Lipinski definition) is 2. The first-order chi connectivity index (χ1) is 13.3. The van der Waals surface area contributed by atoms with E-state index in [1.807, 2.05) is 0 Å². The number of anilines is 1. The second-order valence-electron chi connectivity index (χ2n) is 5.59. The Labute approximate surface area is 161 Å². The SMILES string of the molecule is C[C@H](NC(=O)Nc1ccc(C(F)(F)F)cc1Cl)c1ncnn1-c1ncccn1. The number of aromatic nitrogens is 5. The fraction of sp³-hybridized carbons (Fsp3) is 0.188. The average molecular weight is 412 g/mol. The van der Waals surface area contributed by atoms with Gasteiger partial charge < -0.3 is 10.6 Å². The lowest BCUT2D eigenvalue weighted by Gasteiger charge is -2.15. The number of urea groups is 1. The van der Waals surface area contributed by atoms with Crippen LogP contribution < -0.4 is 10.6 Å². The third-order valence-electron chi connectivity index (χ3n) is 3.60. The normalized spacial score (nSPS) is 12.5. The summed E-state index contributed by atoms with van der Waals surface area (Å²) in [6, 6.07) is 2.99. The molecule has 0 spiro atoms. The zero-order valence-corrected chi connectivity index (χ0v) is 15.0. The average Bonchev–Trinajstić information content (AvgIpc) is 3.13. The van der Waals surface area contributed by atoms with Crippen molar-refractivity contribution in [1.82, 2.24) is 30.0 Å². The van der Waals surface area contributed by atoms with Crippen LogP contribution in [0.25, 0.3) is 5.95 Å². The molecule has 0 aliphatic carbocycles. The van der Waals surface area contributed by atoms with Gasteiger partial charge in [-0.3, -0.25) is 0 Å². The van der Waals surface area contributed by atoms with E-state index in [-0.39, 0.29) is 16.7 Å². The Morgan fingerprint density at radius 3 is 2.57 bits per heavy atom. The maximum Gasteiger partial charge on any atom is 0.416 e. The van der Waals surface area contributed by atoms with Gasteiger partial charge in [0.25, 0.3) is 5.95 Å². The minimum absolute atomic E-state index is 0.0345. The molecule has 146 valence electrons. The molecule has 2 aromatic heterocycles. The molecule has 1 atom stereocenters. The van der Waals surface area contributed by atoms with Crippen LogP contribution in [-0.2, 0) is 6.18 Å². The molecule has 3 rings (SSSR count). The van der Waals surface area contributed by atoms with Crippen molar-refractivity contribution in [2.75, 3.05) is 5.32 Å². The van der Waals surface area contributed by atoms with Crippen molar-refractivity contribution < 1.29 is 18.0 Å². The van der Waals surface area contributed by atoms with Crippen molar-refractivity contribution in [1.29, 1.82) is 0 Å². The minimum Gasteiger partial charge on any atom is -0.328 e. The van der Waals surface area contributed by atoms with Crippen LogP contribution >= 0.6 is 11.6 Å². The van der Waals surface area contributed by atoms with Crippen LogP contribution in [0, 0.1) is 0 Å². The van der Waals surface area contributed by atoms with Gasteiger partial charge >= 0.3 is 12.2 Å². The van der Waals surface area contributed by atoms with E-state index in [1.54, 1.807) is 13.0 Å². The van der Waals surface area contributed by atoms with Gasteiger partial charge in [-0.25, -0.2) is 19.7 Å². The Morgan fingerprint density at radius 2 is 1.93 bits per heavy atom. The molecule has 1 aromatic carbocycles. The van der Waals surface area contributed by atoms with Crippen molar-refractivity contribution >= 4 is 23.3 Å². The van der Waals surface area contributed by atoms with E-state index in [0.29, 0.717) is 5.82 Å². The van der Waals surface area contributed by atoms with Crippen LogP contribution in [0.1, 0.15) is 24.4 Å². The van der Waals surface area contributed by atoms with Crippen molar-refractivity contribution in [3.05, 3.63) is 59.4 Å². The van der Waals surface area contributed by atoms with E-state index in [9.17, 15) is 18.0 Å². The van der Waals surface area contributed by atoms with Gasteiger partial charge in [-0.2, -0.15) is 23.0 Å². The predicted molar refractivity (Wildman–Crippen MR) is 94.0 cm³/mol. The number of nitrogens with one attached hydrogen (secondary N) is 2. The molecule has 0 saturated heterocycles. The molecule has 8 nitrogen and oxygen atoms in total. The Kier molecular flexibility index (Phi) is 5.45. The summed E-state index contributed by atoms with van der Waals surface area (Å²) in [5.41, 5.74) is -0.875. The van der Waals surface area contributed by atoms with Crippen molar-refractivity contribution in [2.45, 2.75) is 19.1 Å². The van der Waals surface area contributed by atoms with Gasteiger partial charge in [-0.05, 0) is 31.2 Å². The largest absolute Gasteiger partial charge is 0.416 e. The third-order valence-corrected chi connectivity index (χ3v) is 3.91. The molecule has 2 heterocycles. The van der Waals surface area contributed by atoms with Crippen LogP contribution in [0.4, 0.5) is 23.7 Å². The number of amides is 2. The van der Waals surface area contributed by atoms with Gasteiger partial charge in [-0.15, -0.1) is 0 Å². The Bertz CT molecular complexity index is 978. The smallest absolute Gasteiger partial charge is 0.328 e. The van der Waals surface area contributed by atoms with Crippen LogP contribution in [0.2, 0.25) is 5.02 Å². The van der Waals surface area contributed by atoms with Gasteiger partial charge in [0.15, 0.2) is 5.82 Å². The monoisotopic (exact) mass is 411 g/mol. The summed E-state index contributed by atoms with van der Waals surface area (Å²) in [7, 11) is 0. The molecule has 3 aromatic rings. The zero-order valence-electron chi connectivity index (χ0n) is 14.3. The van der Waals surface area contributed by atoms with Crippen LogP contribution in [0.15, 0.2) is 43.0 Å². The first kappa shape index (κ1) is 19.5. The van der Waals surface area contributed by atoms with Crippen LogP contribution in [0.3, 0.4) is 0 Å². The molecule has 2 N–H and O–H groups in total. The highest BCUT2D eigenvalue weighted by Gasteiger charge is 2.31. The maximum absolute atomic E-state index is 12.7. The lowest BCUT2D eigenvalue weighted by atomic mass is 10.2. The molecule has 0 aliphatic rings. The molecular weight excluding hydrogens is 399 g/mol. The highest BCUT2D eigenvalue weighted by molar-refractivity contribution is 6.33. The van der Waals surface area contributed by atoms with Crippen molar-refractivity contribution in [3.8, 4) is 5.95 Å². The molecular formula is C16H13ClF3N7O. The van der Waals surface area contributed by atoms with Crippen molar-refractivity contribution in [2.24, 2.45) is 0 Å². The number of carbonyl (C=O) groups is 1. The van der Waals surface area contributed by atoms with Crippen LogP contribution in [0.5, 0.6) is 0 Å². The fourth-order valence-corrected chi connectivity index (χ4v) is 2.54. The summed E-state index contributed by atoms with van der Waals surface area (Å²) >= 11 is 5.84. The maximum atomic E-state index is 12.7. The lowest BCUT2D eigenvalue weighted by molar-refractivity contribution is -0.137. The minimum atomic E-state index is -4.53. The molecule has 12 heteroatoms. The molecule has 0 saturated carbocycles. The van der Waals surface area contributed by atoms with Gasteiger partial charge in [0.2, 0.25) is 0 Å². The highest BCUT2D eigenvalue weighted by atomic mass is 35.5. The number of rotatable bonds is 4. The summed E-state index contributed by atoms with van der Waals surface area (Å²) < 4.78 is 39.4. The van der Waals surface area contributed by atoms with Gasteiger partial charge in [0.05, 0.1) is 22.3 Å². The number of carbonyl (C=O) groups excluding carboxylic acids is 1. The summed E-state index contributed by atoms with van der Waals surface area (Å²) in [6.45, 7) is 1.65. The molecule has 0 bridgehead atoms. The van der Waals surface area contributed by atoms with E-state index in [2.05, 4.69) is 30.7 Å². The van der Waals surface area contributed by atoms with Gasteiger partial charge in [0, 0.05) is 12.4 Å². The number of nitrogens with zero attached hydrogens (tertiary/aromatic N) is 5. The molecule has 0 unspecified atom stereocenters. The van der Waals surface area contributed by atoms with E-state index >= 15 is 0 Å². The van der Waals surface area contributed by atoms with E-state index in [0.717, 1.165) is 18.2 Å². The number of alkyl halides is 3. The Morgan fingerprint density at radius 1 is 1.21 bits per heavy atom. The van der Waals surface area contributed by atoms with E-state index in [1.165, 1.54) is 23.4 Å². The summed E-state index contributed by atoms with van der Waals surface area (Å²) in [5, 5.41) is 8.80. The second kappa shape index (κ2) is 7.80. The summed E-state index contributed by atoms with van der Waals surface area (Å²) in [5.74, 6) is 0.634.